The summed E-state index contributed by atoms with van der Waals surface area (Å²) in [5, 5.41) is 11.9. The minimum Gasteiger partial charge on any atom is -0.333 e. The van der Waals surface area contributed by atoms with Gasteiger partial charge in [-0.05, 0) is 48.7 Å². The molecular formula is C15H14Cl2N4S2. The minimum absolute atomic E-state index is 0.260. The second-order valence-electron chi connectivity index (χ2n) is 4.46. The molecule has 0 heterocycles. The van der Waals surface area contributed by atoms with Crippen LogP contribution in [0.5, 0.6) is 0 Å². The second-order valence-corrected chi connectivity index (χ2v) is 6.61. The van der Waals surface area contributed by atoms with Gasteiger partial charge in [-0.25, -0.2) is 0 Å². The number of para-hydroxylation sites is 2. The fourth-order valence-electron chi connectivity index (χ4n) is 1.68. The van der Waals surface area contributed by atoms with E-state index in [2.05, 4.69) is 21.3 Å². The Morgan fingerprint density at radius 3 is 1.39 bits per heavy atom. The van der Waals surface area contributed by atoms with E-state index in [0.29, 0.717) is 0 Å². The van der Waals surface area contributed by atoms with Gasteiger partial charge in [-0.1, -0.05) is 59.6 Å². The van der Waals surface area contributed by atoms with Gasteiger partial charge in [-0.3, -0.25) is 0 Å². The number of alkyl halides is 2. The SMILES string of the molecule is S=C(Nc1ccccc1)NC(Cl)(Cl)NC(=S)Nc1ccccc1. The third kappa shape index (κ3) is 6.58. The van der Waals surface area contributed by atoms with Crippen molar-refractivity contribution in [2.45, 2.75) is 4.58 Å². The first-order valence-corrected chi connectivity index (χ1v) is 8.18. The van der Waals surface area contributed by atoms with Gasteiger partial charge in [0.25, 0.3) is 4.58 Å². The summed E-state index contributed by atoms with van der Waals surface area (Å²) in [7, 11) is 0. The zero-order chi connectivity index (χ0) is 16.7. The zero-order valence-corrected chi connectivity index (χ0v) is 15.0. The standard InChI is InChI=1S/C15H14Cl2N4S2/c16-15(17,20-13(22)18-11-7-3-1-4-8-11)21-14(23)19-12-9-5-2-6-10-12/h1-10H,(H2,18,20,22)(H2,19,21,23). The van der Waals surface area contributed by atoms with E-state index in [0.717, 1.165) is 11.4 Å². The predicted octanol–water partition coefficient (Wildman–Crippen LogP) is 4.05. The van der Waals surface area contributed by atoms with Crippen molar-refractivity contribution in [3.05, 3.63) is 60.7 Å². The van der Waals surface area contributed by atoms with Crippen LogP contribution in [0.2, 0.25) is 0 Å². The van der Waals surface area contributed by atoms with Gasteiger partial charge in [-0.15, -0.1) is 0 Å². The van der Waals surface area contributed by atoms with Crippen molar-refractivity contribution in [1.29, 1.82) is 0 Å². The Morgan fingerprint density at radius 1 is 0.696 bits per heavy atom. The molecule has 4 N–H and O–H groups in total. The number of thiocarbonyl (C=S) groups is 2. The number of hydrogen-bond donors (Lipinski definition) is 4. The number of rotatable bonds is 4. The van der Waals surface area contributed by atoms with Gasteiger partial charge in [0.2, 0.25) is 0 Å². The van der Waals surface area contributed by atoms with Crippen LogP contribution in [-0.4, -0.2) is 14.8 Å². The smallest absolute Gasteiger partial charge is 0.269 e. The number of nitrogens with one attached hydrogen (secondary N) is 4. The molecule has 0 aliphatic heterocycles. The largest absolute Gasteiger partial charge is 0.333 e. The fraction of sp³-hybridized carbons (Fsp3) is 0.0667. The van der Waals surface area contributed by atoms with Gasteiger partial charge in [0.05, 0.1) is 0 Å². The van der Waals surface area contributed by atoms with Gasteiger partial charge >= 0.3 is 0 Å². The van der Waals surface area contributed by atoms with E-state index in [1.807, 2.05) is 60.7 Å². The lowest BCUT2D eigenvalue weighted by Gasteiger charge is -2.25. The average molecular weight is 385 g/mol. The summed E-state index contributed by atoms with van der Waals surface area (Å²) < 4.78 is -1.56. The Hall–Kier alpha value is -1.60. The van der Waals surface area contributed by atoms with Gasteiger partial charge in [-0.2, -0.15) is 0 Å². The molecule has 2 aromatic carbocycles. The first kappa shape index (κ1) is 17.7. The summed E-state index contributed by atoms with van der Waals surface area (Å²) in [6, 6.07) is 18.8. The third-order valence-corrected chi connectivity index (χ3v) is 3.39. The highest BCUT2D eigenvalue weighted by atomic mass is 35.5. The third-order valence-electron chi connectivity index (χ3n) is 2.60. The van der Waals surface area contributed by atoms with Gasteiger partial charge in [0, 0.05) is 11.4 Å². The predicted molar refractivity (Wildman–Crippen MR) is 106 cm³/mol. The van der Waals surface area contributed by atoms with Crippen LogP contribution in [0.1, 0.15) is 0 Å². The lowest BCUT2D eigenvalue weighted by Crippen LogP contribution is -2.54. The fourth-order valence-corrected chi connectivity index (χ4v) is 2.83. The Balaban J connectivity index is 1.85. The van der Waals surface area contributed by atoms with E-state index in [1.165, 1.54) is 0 Å². The summed E-state index contributed by atoms with van der Waals surface area (Å²) in [6.45, 7) is 0. The molecule has 2 aromatic rings. The van der Waals surface area contributed by atoms with Crippen molar-refractivity contribution in [3.63, 3.8) is 0 Å². The van der Waals surface area contributed by atoms with Crippen LogP contribution >= 0.6 is 47.6 Å². The molecule has 0 atom stereocenters. The Morgan fingerprint density at radius 2 is 1.04 bits per heavy atom. The summed E-state index contributed by atoms with van der Waals surface area (Å²) in [4.78, 5) is 0. The molecule has 0 aliphatic rings. The maximum Gasteiger partial charge on any atom is 0.269 e. The summed E-state index contributed by atoms with van der Waals surface area (Å²) in [6.07, 6.45) is 0. The number of halogens is 2. The van der Waals surface area contributed by atoms with Crippen LogP contribution in [0.4, 0.5) is 11.4 Å². The molecule has 0 aliphatic carbocycles. The molecule has 0 fully saturated rings. The highest BCUT2D eigenvalue weighted by Crippen LogP contribution is 2.15. The molecule has 0 saturated carbocycles. The van der Waals surface area contributed by atoms with E-state index in [9.17, 15) is 0 Å². The molecule has 23 heavy (non-hydrogen) atoms. The molecule has 0 amide bonds. The van der Waals surface area contributed by atoms with E-state index in [-0.39, 0.29) is 10.2 Å². The Bertz CT molecular complexity index is 608. The Kier molecular flexibility index (Phi) is 6.41. The van der Waals surface area contributed by atoms with Crippen molar-refractivity contribution in [2.75, 3.05) is 10.6 Å². The van der Waals surface area contributed by atoms with Crippen LogP contribution < -0.4 is 21.3 Å². The normalized spacial score (nSPS) is 10.5. The Labute approximate surface area is 155 Å². The summed E-state index contributed by atoms with van der Waals surface area (Å²) in [5.41, 5.74) is 1.64. The second kappa shape index (κ2) is 8.31. The van der Waals surface area contributed by atoms with Crippen molar-refractivity contribution in [1.82, 2.24) is 10.6 Å². The molecule has 0 aromatic heterocycles. The quantitative estimate of drug-likeness (QED) is 0.276. The molecule has 2 rings (SSSR count). The lowest BCUT2D eigenvalue weighted by atomic mass is 10.3. The topological polar surface area (TPSA) is 48.1 Å². The lowest BCUT2D eigenvalue weighted by molar-refractivity contribution is 0.694. The molecule has 8 heteroatoms. The molecule has 0 radical (unpaired) electrons. The molecule has 0 spiro atoms. The highest BCUT2D eigenvalue weighted by molar-refractivity contribution is 7.80. The number of hydrogen-bond acceptors (Lipinski definition) is 2. The van der Waals surface area contributed by atoms with Gasteiger partial charge < -0.3 is 21.3 Å². The number of benzene rings is 2. The van der Waals surface area contributed by atoms with Crippen LogP contribution in [0.15, 0.2) is 60.7 Å². The van der Waals surface area contributed by atoms with Crippen molar-refractivity contribution >= 4 is 69.2 Å². The van der Waals surface area contributed by atoms with Crippen LogP contribution in [0.25, 0.3) is 0 Å². The average Bonchev–Trinajstić information content (AvgIpc) is 2.47. The first-order chi connectivity index (χ1) is 10.9. The van der Waals surface area contributed by atoms with Crippen molar-refractivity contribution < 1.29 is 0 Å². The van der Waals surface area contributed by atoms with Crippen LogP contribution in [-0.2, 0) is 0 Å². The molecule has 120 valence electrons. The van der Waals surface area contributed by atoms with E-state index in [4.69, 9.17) is 47.6 Å². The summed E-state index contributed by atoms with van der Waals surface area (Å²) >= 11 is 22.6. The van der Waals surface area contributed by atoms with Crippen molar-refractivity contribution in [3.8, 4) is 0 Å². The monoisotopic (exact) mass is 384 g/mol. The molecular weight excluding hydrogens is 371 g/mol. The highest BCUT2D eigenvalue weighted by Gasteiger charge is 2.25. The summed E-state index contributed by atoms with van der Waals surface area (Å²) in [5.74, 6) is 0. The maximum absolute atomic E-state index is 6.15. The van der Waals surface area contributed by atoms with Crippen molar-refractivity contribution in [2.24, 2.45) is 0 Å². The van der Waals surface area contributed by atoms with Gasteiger partial charge in [0.15, 0.2) is 10.2 Å². The molecule has 0 unspecified atom stereocenters. The van der Waals surface area contributed by atoms with Gasteiger partial charge in [0.1, 0.15) is 0 Å². The van der Waals surface area contributed by atoms with E-state index in [1.54, 1.807) is 0 Å². The van der Waals surface area contributed by atoms with E-state index < -0.39 is 4.58 Å². The van der Waals surface area contributed by atoms with Crippen LogP contribution in [0.3, 0.4) is 0 Å². The maximum atomic E-state index is 6.15. The number of anilines is 2. The first-order valence-electron chi connectivity index (χ1n) is 6.61. The van der Waals surface area contributed by atoms with Crippen LogP contribution in [0, 0.1) is 0 Å². The molecule has 0 bridgehead atoms. The minimum atomic E-state index is -1.56. The van der Waals surface area contributed by atoms with E-state index >= 15 is 0 Å². The molecule has 4 nitrogen and oxygen atoms in total. The molecule has 0 saturated heterocycles. The zero-order valence-electron chi connectivity index (χ0n) is 11.8.